The van der Waals surface area contributed by atoms with Crippen molar-refractivity contribution in [2.24, 2.45) is 0 Å². The van der Waals surface area contributed by atoms with Crippen LogP contribution in [-0.4, -0.2) is 30.8 Å². The number of anilines is 1. The highest BCUT2D eigenvalue weighted by molar-refractivity contribution is 7.90. The molecule has 3 aromatic rings. The third kappa shape index (κ3) is 5.45. The average Bonchev–Trinajstić information content (AvgIpc) is 2.81. The van der Waals surface area contributed by atoms with E-state index in [0.717, 1.165) is 19.2 Å². The second kappa shape index (κ2) is 9.85. The monoisotopic (exact) mass is 569 g/mol. The smallest absolute Gasteiger partial charge is 0.435 e. The topological polar surface area (TPSA) is 98.2 Å². The lowest BCUT2D eigenvalue weighted by Crippen LogP contribution is -2.30. The predicted molar refractivity (Wildman–Crippen MR) is 132 cm³/mol. The number of sulfone groups is 1. The summed E-state index contributed by atoms with van der Waals surface area (Å²) >= 11 is 0. The lowest BCUT2D eigenvalue weighted by Gasteiger charge is -2.35. The standard InChI is InChI=1S/C26H24F5N3O4S/c1-13-11-18(25(28)9-6-10-25)20(27)15(3)21(13)38-24-19(14(2)22(33-34-24)26(29,30)31)23(35)32-16-7-5-8-17(12-16)39(4,36)37/h5,7-8,11-12H,6,9-10H2,1-4H3,(H,32,35). The normalized spacial score (nSPS) is 15.0. The summed E-state index contributed by atoms with van der Waals surface area (Å²) < 4.78 is 100. The van der Waals surface area contributed by atoms with Crippen LogP contribution in [0.25, 0.3) is 0 Å². The number of benzene rings is 2. The van der Waals surface area contributed by atoms with Crippen molar-refractivity contribution in [3.05, 3.63) is 69.7 Å². The molecule has 0 atom stereocenters. The van der Waals surface area contributed by atoms with Gasteiger partial charge in [0.25, 0.3) is 11.8 Å². The molecule has 1 saturated carbocycles. The number of nitrogens with zero attached hydrogens (tertiary/aromatic N) is 2. The molecule has 208 valence electrons. The van der Waals surface area contributed by atoms with E-state index in [9.17, 15) is 26.4 Å². The molecule has 0 aliphatic heterocycles. The number of carbonyl (C=O) groups excluding carboxylic acids is 1. The minimum atomic E-state index is -4.96. The van der Waals surface area contributed by atoms with E-state index in [0.29, 0.717) is 6.42 Å². The third-order valence-electron chi connectivity index (χ3n) is 6.65. The Morgan fingerprint density at radius 1 is 1.08 bits per heavy atom. The molecule has 13 heteroatoms. The van der Waals surface area contributed by atoms with Gasteiger partial charge in [0.15, 0.2) is 15.5 Å². The molecule has 1 fully saturated rings. The van der Waals surface area contributed by atoms with Gasteiger partial charge in [0.05, 0.1) is 4.90 Å². The van der Waals surface area contributed by atoms with E-state index in [1.807, 2.05) is 0 Å². The van der Waals surface area contributed by atoms with Crippen molar-refractivity contribution in [3.8, 4) is 11.6 Å². The van der Waals surface area contributed by atoms with Gasteiger partial charge in [-0.1, -0.05) is 6.07 Å². The van der Waals surface area contributed by atoms with Gasteiger partial charge in [-0.15, -0.1) is 10.2 Å². The van der Waals surface area contributed by atoms with Crippen LogP contribution in [0.2, 0.25) is 0 Å². The van der Waals surface area contributed by atoms with Crippen LogP contribution in [-0.2, 0) is 21.7 Å². The maximum Gasteiger partial charge on any atom is 0.435 e. The van der Waals surface area contributed by atoms with Gasteiger partial charge in [0.2, 0.25) is 0 Å². The van der Waals surface area contributed by atoms with Gasteiger partial charge in [-0.2, -0.15) is 13.2 Å². The summed E-state index contributed by atoms with van der Waals surface area (Å²) in [5.41, 5.74) is -4.50. The maximum atomic E-state index is 15.2. The number of hydrogen-bond donors (Lipinski definition) is 1. The first-order valence-electron chi connectivity index (χ1n) is 11.8. The van der Waals surface area contributed by atoms with E-state index in [4.69, 9.17) is 4.74 Å². The summed E-state index contributed by atoms with van der Waals surface area (Å²) in [6, 6.07) is 6.39. The molecule has 0 radical (unpaired) electrons. The zero-order valence-electron chi connectivity index (χ0n) is 21.3. The Hall–Kier alpha value is -3.61. The molecule has 1 aromatic heterocycles. The number of carbonyl (C=O) groups is 1. The Bertz CT molecular complexity index is 1590. The van der Waals surface area contributed by atoms with E-state index in [-0.39, 0.29) is 45.9 Å². The highest BCUT2D eigenvalue weighted by Crippen LogP contribution is 2.48. The van der Waals surface area contributed by atoms with Crippen LogP contribution in [0.5, 0.6) is 11.6 Å². The van der Waals surface area contributed by atoms with Crippen molar-refractivity contribution < 1.29 is 39.9 Å². The Kier molecular flexibility index (Phi) is 7.17. The number of alkyl halides is 4. The number of nitrogens with one attached hydrogen (secondary N) is 1. The summed E-state index contributed by atoms with van der Waals surface area (Å²) in [5.74, 6) is -2.76. The van der Waals surface area contributed by atoms with Crippen molar-refractivity contribution in [1.82, 2.24) is 10.2 Å². The van der Waals surface area contributed by atoms with Gasteiger partial charge in [-0.3, -0.25) is 4.79 Å². The molecule has 39 heavy (non-hydrogen) atoms. The van der Waals surface area contributed by atoms with Crippen LogP contribution in [0.3, 0.4) is 0 Å². The molecule has 1 N–H and O–H groups in total. The first-order chi connectivity index (χ1) is 18.0. The molecule has 2 aromatic carbocycles. The van der Waals surface area contributed by atoms with Crippen molar-refractivity contribution in [1.29, 1.82) is 0 Å². The summed E-state index contributed by atoms with van der Waals surface area (Å²) in [7, 11) is -3.64. The Morgan fingerprint density at radius 3 is 2.31 bits per heavy atom. The number of ether oxygens (including phenoxy) is 1. The Labute approximate surface area is 221 Å². The molecule has 1 aliphatic rings. The van der Waals surface area contributed by atoms with Crippen LogP contribution < -0.4 is 10.1 Å². The predicted octanol–water partition coefficient (Wildman–Crippen LogP) is 6.36. The van der Waals surface area contributed by atoms with Gasteiger partial charge in [-0.05, 0) is 75.4 Å². The molecule has 0 bridgehead atoms. The van der Waals surface area contributed by atoms with Crippen LogP contribution >= 0.6 is 0 Å². The zero-order chi connectivity index (χ0) is 28.9. The molecule has 1 aliphatic carbocycles. The summed E-state index contributed by atoms with van der Waals surface area (Å²) in [5, 5.41) is 9.03. The molecule has 1 amide bonds. The fourth-order valence-corrected chi connectivity index (χ4v) is 5.05. The van der Waals surface area contributed by atoms with Crippen LogP contribution in [0.4, 0.5) is 27.6 Å². The SMILES string of the molecule is Cc1cc(C2(F)CCC2)c(F)c(C)c1Oc1nnc(C(F)(F)F)c(C)c1C(=O)Nc1cccc(S(C)(=O)=O)c1. The quantitative estimate of drug-likeness (QED) is 0.347. The minimum Gasteiger partial charge on any atom is -0.436 e. The van der Waals surface area contributed by atoms with Gasteiger partial charge in [-0.25, -0.2) is 17.2 Å². The van der Waals surface area contributed by atoms with Crippen molar-refractivity contribution >= 4 is 21.4 Å². The van der Waals surface area contributed by atoms with Crippen molar-refractivity contribution in [2.45, 2.75) is 56.8 Å². The lowest BCUT2D eigenvalue weighted by atomic mass is 9.75. The highest BCUT2D eigenvalue weighted by Gasteiger charge is 2.42. The number of hydrogen-bond acceptors (Lipinski definition) is 6. The molecule has 0 spiro atoms. The van der Waals surface area contributed by atoms with Gasteiger partial charge in [0, 0.05) is 23.1 Å². The van der Waals surface area contributed by atoms with Gasteiger partial charge >= 0.3 is 6.18 Å². The maximum absolute atomic E-state index is 15.2. The third-order valence-corrected chi connectivity index (χ3v) is 7.76. The van der Waals surface area contributed by atoms with Gasteiger partial charge < -0.3 is 10.1 Å². The first-order valence-corrected chi connectivity index (χ1v) is 13.6. The average molecular weight is 570 g/mol. The molecule has 4 rings (SSSR count). The van der Waals surface area contributed by atoms with Crippen LogP contribution in [0.15, 0.2) is 35.2 Å². The largest absolute Gasteiger partial charge is 0.436 e. The fourth-order valence-electron chi connectivity index (χ4n) is 4.38. The van der Waals surface area contributed by atoms with E-state index in [1.54, 1.807) is 0 Å². The number of halogens is 5. The van der Waals surface area contributed by atoms with Crippen LogP contribution in [0, 0.1) is 26.6 Å². The molecular weight excluding hydrogens is 545 g/mol. The van der Waals surface area contributed by atoms with Gasteiger partial charge in [0.1, 0.15) is 22.8 Å². The molecule has 0 unspecified atom stereocenters. The number of rotatable bonds is 6. The second-order valence-electron chi connectivity index (χ2n) is 9.54. The van der Waals surface area contributed by atoms with E-state index in [2.05, 4.69) is 15.5 Å². The lowest BCUT2D eigenvalue weighted by molar-refractivity contribution is -0.142. The Morgan fingerprint density at radius 2 is 1.74 bits per heavy atom. The van der Waals surface area contributed by atoms with E-state index >= 15 is 8.78 Å². The Balaban J connectivity index is 1.79. The zero-order valence-corrected chi connectivity index (χ0v) is 22.2. The van der Waals surface area contributed by atoms with E-state index < -0.39 is 56.1 Å². The van der Waals surface area contributed by atoms with Crippen molar-refractivity contribution in [3.63, 3.8) is 0 Å². The summed E-state index contributed by atoms with van der Waals surface area (Å²) in [6.45, 7) is 3.83. The second-order valence-corrected chi connectivity index (χ2v) is 11.6. The highest BCUT2D eigenvalue weighted by atomic mass is 32.2. The summed E-state index contributed by atoms with van der Waals surface area (Å²) in [4.78, 5) is 13.1. The minimum absolute atomic E-state index is 0.0184. The molecular formula is C26H24F5N3O4S. The number of aryl methyl sites for hydroxylation is 1. The van der Waals surface area contributed by atoms with E-state index in [1.165, 1.54) is 38.1 Å². The molecule has 0 saturated heterocycles. The molecule has 7 nitrogen and oxygen atoms in total. The summed E-state index contributed by atoms with van der Waals surface area (Å²) in [6.07, 6.45) is -3.07. The fraction of sp³-hybridized carbons (Fsp3) is 0.346. The van der Waals surface area contributed by atoms with Crippen molar-refractivity contribution in [2.75, 3.05) is 11.6 Å². The number of aromatic nitrogens is 2. The first kappa shape index (κ1) is 28.4. The molecule has 1 heterocycles. The number of amides is 1. The van der Waals surface area contributed by atoms with Crippen LogP contribution in [0.1, 0.15) is 57.6 Å².